The van der Waals surface area contributed by atoms with E-state index in [0.29, 0.717) is 0 Å². The molecule has 1 radical (unpaired) electrons. The van der Waals surface area contributed by atoms with Crippen molar-refractivity contribution in [2.45, 2.75) is 0 Å². The van der Waals surface area contributed by atoms with E-state index in [1.165, 1.54) is 31.3 Å². The van der Waals surface area contributed by atoms with Crippen molar-refractivity contribution in [2.24, 2.45) is 0 Å². The second kappa shape index (κ2) is 9.04. The highest BCUT2D eigenvalue weighted by Gasteiger charge is 2.24. The zero-order valence-corrected chi connectivity index (χ0v) is 14.9. The highest BCUT2D eigenvalue weighted by Crippen LogP contribution is 2.32. The Morgan fingerprint density at radius 3 is 0.952 bits per heavy atom. The molecule has 0 N–H and O–H groups in total. The van der Waals surface area contributed by atoms with Crippen molar-refractivity contribution in [3.8, 4) is 0 Å². The molecule has 3 aromatic carbocycles. The van der Waals surface area contributed by atoms with Crippen molar-refractivity contribution in [3.63, 3.8) is 0 Å². The zero-order valence-electron chi connectivity index (χ0n) is 11.7. The highest BCUT2D eigenvalue weighted by molar-refractivity contribution is 7.79. The van der Waals surface area contributed by atoms with E-state index >= 15 is 0 Å². The largest absolute Gasteiger partial charge is 0.329 e. The van der Waals surface area contributed by atoms with Gasteiger partial charge in [-0.1, -0.05) is 54.6 Å². The SMILES string of the molecule is [AlH][Cl].c1ccc([PH+](c2ccccc2)c2ccccc2)cc1. The molecule has 0 saturated heterocycles. The van der Waals surface area contributed by atoms with Crippen LogP contribution in [-0.2, 0) is 0 Å². The van der Waals surface area contributed by atoms with E-state index in [-0.39, 0.29) is 0 Å². The number of halogens is 1. The summed E-state index contributed by atoms with van der Waals surface area (Å²) in [6, 6.07) is 32.5. The van der Waals surface area contributed by atoms with Crippen LogP contribution in [0.5, 0.6) is 0 Å². The van der Waals surface area contributed by atoms with Crippen molar-refractivity contribution in [2.75, 3.05) is 0 Å². The van der Waals surface area contributed by atoms with Crippen LogP contribution in [0.15, 0.2) is 91.0 Å². The minimum atomic E-state index is -0.877. The van der Waals surface area contributed by atoms with Gasteiger partial charge in [0.1, 0.15) is 15.9 Å². The van der Waals surface area contributed by atoms with Crippen LogP contribution in [0.2, 0.25) is 0 Å². The third-order valence-corrected chi connectivity index (χ3v) is 5.92. The maximum absolute atomic E-state index is 4.67. The van der Waals surface area contributed by atoms with Crippen molar-refractivity contribution >= 4 is 49.3 Å². The van der Waals surface area contributed by atoms with Crippen LogP contribution in [0.3, 0.4) is 0 Å². The standard InChI is InChI=1S/C18H15P.Al.ClH.H/c1-4-10-16(11-5-1)19(17-12-6-2-7-13-17)18-14-8-3-9-15-18;;;/h1-15H;;1H;/q;+1;;. The van der Waals surface area contributed by atoms with Crippen molar-refractivity contribution in [1.82, 2.24) is 0 Å². The van der Waals surface area contributed by atoms with E-state index in [9.17, 15) is 0 Å². The van der Waals surface area contributed by atoms with Gasteiger partial charge in [0.05, 0.1) is 7.92 Å². The summed E-state index contributed by atoms with van der Waals surface area (Å²) in [5.41, 5.74) is 0. The summed E-state index contributed by atoms with van der Waals surface area (Å²) in [6.45, 7) is 0. The normalized spacial score (nSPS) is 9.81. The Hall–Kier alpha value is -1.09. The van der Waals surface area contributed by atoms with Gasteiger partial charge in [-0.25, -0.2) is 0 Å². The van der Waals surface area contributed by atoms with Gasteiger partial charge in [0.2, 0.25) is 0 Å². The van der Waals surface area contributed by atoms with E-state index in [4.69, 9.17) is 0 Å². The Morgan fingerprint density at radius 1 is 0.476 bits per heavy atom. The first-order valence-corrected chi connectivity index (χ1v) is 10.4. The Kier molecular flexibility index (Phi) is 7.01. The fourth-order valence-electron chi connectivity index (χ4n) is 2.31. The lowest BCUT2D eigenvalue weighted by molar-refractivity contribution is 1.74. The molecule has 0 atom stereocenters. The van der Waals surface area contributed by atoms with Crippen molar-refractivity contribution in [1.29, 1.82) is 0 Å². The van der Waals surface area contributed by atoms with Crippen LogP contribution in [0.1, 0.15) is 0 Å². The molecule has 0 aromatic heterocycles. The molecule has 0 bridgehead atoms. The topological polar surface area (TPSA) is 0 Å². The van der Waals surface area contributed by atoms with Gasteiger partial charge < -0.3 is 0 Å². The predicted molar refractivity (Wildman–Crippen MR) is 99.5 cm³/mol. The Balaban J connectivity index is 0.000000774. The average Bonchev–Trinajstić information content (AvgIpc) is 2.60. The molecule has 0 fully saturated rings. The molecule has 0 saturated carbocycles. The van der Waals surface area contributed by atoms with Crippen LogP contribution in [0.25, 0.3) is 0 Å². The van der Waals surface area contributed by atoms with Crippen molar-refractivity contribution < 1.29 is 0 Å². The molecule has 0 heterocycles. The van der Waals surface area contributed by atoms with Gasteiger partial charge in [-0.15, -0.1) is 0 Å². The minimum absolute atomic E-state index is 0.877. The van der Waals surface area contributed by atoms with E-state index < -0.39 is 7.92 Å². The van der Waals surface area contributed by atoms with Gasteiger partial charge in [-0.3, -0.25) is 10.0 Å². The molecule has 0 nitrogen and oxygen atoms in total. The van der Waals surface area contributed by atoms with Crippen LogP contribution in [0.4, 0.5) is 0 Å². The number of hydrogen-bond acceptors (Lipinski definition) is 0. The molecular formula is C18H17AlClP+. The Morgan fingerprint density at radius 2 is 0.714 bits per heavy atom. The van der Waals surface area contributed by atoms with E-state index in [1.54, 1.807) is 0 Å². The van der Waals surface area contributed by atoms with Gasteiger partial charge in [0.15, 0.2) is 0 Å². The molecular weight excluding hydrogens is 310 g/mol. The summed E-state index contributed by atoms with van der Waals surface area (Å²) in [6.07, 6.45) is 0. The fourth-order valence-corrected chi connectivity index (χ4v) is 4.89. The molecule has 3 rings (SSSR count). The van der Waals surface area contributed by atoms with Gasteiger partial charge in [-0.2, -0.15) is 0 Å². The van der Waals surface area contributed by atoms with Gasteiger partial charge in [0.25, 0.3) is 0 Å². The molecule has 0 aliphatic heterocycles. The third kappa shape index (κ3) is 4.44. The van der Waals surface area contributed by atoms with E-state index in [0.717, 1.165) is 0 Å². The Labute approximate surface area is 140 Å². The van der Waals surface area contributed by atoms with Gasteiger partial charge in [0, 0.05) is 0 Å². The maximum Gasteiger partial charge on any atom is 0.329 e. The summed E-state index contributed by atoms with van der Waals surface area (Å²) in [4.78, 5) is 0. The first kappa shape index (κ1) is 16.3. The minimum Gasteiger partial charge on any atom is -0.283 e. The van der Waals surface area contributed by atoms with E-state index in [2.05, 4.69) is 101 Å². The summed E-state index contributed by atoms with van der Waals surface area (Å²) < 4.78 is 0. The highest BCUT2D eigenvalue weighted by atomic mass is 35.6. The van der Waals surface area contributed by atoms with Crippen LogP contribution < -0.4 is 15.9 Å². The second-order valence-corrected chi connectivity index (χ2v) is 6.96. The molecule has 103 valence electrons. The van der Waals surface area contributed by atoms with E-state index in [1.807, 2.05) is 0 Å². The summed E-state index contributed by atoms with van der Waals surface area (Å²) in [5, 5.41) is 4.31. The third-order valence-electron chi connectivity index (χ3n) is 3.19. The fraction of sp³-hybridized carbons (Fsp3) is 0. The van der Waals surface area contributed by atoms with Crippen LogP contribution in [0, 0.1) is 0 Å². The number of benzene rings is 3. The van der Waals surface area contributed by atoms with Crippen molar-refractivity contribution in [3.05, 3.63) is 91.0 Å². The first-order chi connectivity index (χ1) is 10.4. The number of rotatable bonds is 3. The summed E-state index contributed by atoms with van der Waals surface area (Å²) >= 11 is 1.33. The van der Waals surface area contributed by atoms with Crippen LogP contribution in [-0.4, -0.2) is 15.4 Å². The average molecular weight is 327 g/mol. The van der Waals surface area contributed by atoms with Crippen LogP contribution >= 0.6 is 18.0 Å². The lowest BCUT2D eigenvalue weighted by atomic mass is 10.4. The maximum atomic E-state index is 4.67. The second-order valence-electron chi connectivity index (χ2n) is 4.47. The van der Waals surface area contributed by atoms with Gasteiger partial charge in [-0.05, 0) is 36.4 Å². The molecule has 3 heteroatoms. The molecule has 0 spiro atoms. The molecule has 3 aromatic rings. The molecule has 0 aliphatic carbocycles. The Bertz CT molecular complexity index is 535. The lowest BCUT2D eigenvalue weighted by Crippen LogP contribution is -2.20. The summed E-state index contributed by atoms with van der Waals surface area (Å²) in [7, 11) is 3.79. The molecule has 0 aliphatic rings. The smallest absolute Gasteiger partial charge is 0.283 e. The summed E-state index contributed by atoms with van der Waals surface area (Å²) in [5.74, 6) is 0. The van der Waals surface area contributed by atoms with Gasteiger partial charge >= 0.3 is 15.4 Å². The predicted octanol–water partition coefficient (Wildman–Crippen LogP) is 3.22. The molecule has 0 amide bonds. The first-order valence-electron chi connectivity index (χ1n) is 6.75. The monoisotopic (exact) mass is 326 g/mol. The number of hydrogen-bond donors (Lipinski definition) is 0. The molecule has 0 unspecified atom stereocenters. The quantitative estimate of drug-likeness (QED) is 0.512. The lowest BCUT2D eigenvalue weighted by Gasteiger charge is -2.10. The molecule has 21 heavy (non-hydrogen) atoms. The zero-order chi connectivity index (χ0) is 14.9.